The fourth-order valence-corrected chi connectivity index (χ4v) is 2.57. The number of fused-ring (bicyclic) bond motifs is 1. The number of hydrogen-bond acceptors (Lipinski definition) is 3. The van der Waals surface area contributed by atoms with Gasteiger partial charge in [0.2, 0.25) is 0 Å². The Bertz CT molecular complexity index is 897. The number of nitrogens with zero attached hydrogens (tertiary/aromatic N) is 3. The van der Waals surface area contributed by atoms with Crippen LogP contribution in [-0.2, 0) is 0 Å². The van der Waals surface area contributed by atoms with Crippen LogP contribution in [0.15, 0.2) is 67.4 Å². The number of para-hydroxylation sites is 1. The predicted octanol–water partition coefficient (Wildman–Crippen LogP) is 3.69. The van der Waals surface area contributed by atoms with Crippen molar-refractivity contribution in [2.75, 3.05) is 0 Å². The maximum atomic E-state index is 4.44. The van der Waals surface area contributed by atoms with Gasteiger partial charge >= 0.3 is 0 Å². The normalized spacial score (nSPS) is 10.9. The SMILES string of the molecule is c1ccc(-c2cccc3[nH]cnc23)c(-c2ccncn2)c1. The molecule has 0 saturated heterocycles. The zero-order chi connectivity index (χ0) is 14.1. The van der Waals surface area contributed by atoms with E-state index >= 15 is 0 Å². The highest BCUT2D eigenvalue weighted by Crippen LogP contribution is 2.33. The van der Waals surface area contributed by atoms with Gasteiger partial charge in [-0.1, -0.05) is 36.4 Å². The van der Waals surface area contributed by atoms with Crippen LogP contribution >= 0.6 is 0 Å². The molecule has 0 fully saturated rings. The van der Waals surface area contributed by atoms with Gasteiger partial charge in [0.1, 0.15) is 6.33 Å². The highest BCUT2D eigenvalue weighted by molar-refractivity contribution is 5.96. The molecule has 0 spiro atoms. The van der Waals surface area contributed by atoms with Gasteiger partial charge in [0.25, 0.3) is 0 Å². The van der Waals surface area contributed by atoms with Gasteiger partial charge in [0.05, 0.1) is 23.1 Å². The number of nitrogens with one attached hydrogen (secondary N) is 1. The molecule has 0 amide bonds. The van der Waals surface area contributed by atoms with Crippen LogP contribution in [0, 0.1) is 0 Å². The molecule has 0 saturated carbocycles. The second kappa shape index (κ2) is 4.83. The second-order valence-electron chi connectivity index (χ2n) is 4.74. The second-order valence-corrected chi connectivity index (χ2v) is 4.74. The van der Waals surface area contributed by atoms with Crippen molar-refractivity contribution in [2.45, 2.75) is 0 Å². The lowest BCUT2D eigenvalue weighted by Crippen LogP contribution is -1.89. The molecule has 0 atom stereocenters. The maximum absolute atomic E-state index is 4.44. The first kappa shape index (κ1) is 11.8. The minimum absolute atomic E-state index is 0.910. The zero-order valence-corrected chi connectivity index (χ0v) is 11.2. The summed E-state index contributed by atoms with van der Waals surface area (Å²) in [5.74, 6) is 0. The molecule has 4 aromatic rings. The number of aromatic nitrogens is 4. The lowest BCUT2D eigenvalue weighted by atomic mass is 9.96. The van der Waals surface area contributed by atoms with Gasteiger partial charge in [-0.15, -0.1) is 0 Å². The monoisotopic (exact) mass is 272 g/mol. The third-order valence-electron chi connectivity index (χ3n) is 3.52. The van der Waals surface area contributed by atoms with Crippen molar-refractivity contribution in [3.8, 4) is 22.4 Å². The Hall–Kier alpha value is -3.01. The smallest absolute Gasteiger partial charge is 0.116 e. The molecule has 0 aliphatic rings. The summed E-state index contributed by atoms with van der Waals surface area (Å²) in [6.45, 7) is 0. The van der Waals surface area contributed by atoms with Gasteiger partial charge in [-0.3, -0.25) is 0 Å². The molecule has 100 valence electrons. The molecule has 2 aromatic heterocycles. The van der Waals surface area contributed by atoms with Gasteiger partial charge in [-0.05, 0) is 17.7 Å². The molecule has 2 heterocycles. The maximum Gasteiger partial charge on any atom is 0.116 e. The van der Waals surface area contributed by atoms with E-state index < -0.39 is 0 Å². The highest BCUT2D eigenvalue weighted by Gasteiger charge is 2.11. The molecule has 0 unspecified atom stereocenters. The van der Waals surface area contributed by atoms with E-state index in [1.165, 1.54) is 0 Å². The van der Waals surface area contributed by atoms with Gasteiger partial charge < -0.3 is 4.98 Å². The van der Waals surface area contributed by atoms with Crippen LogP contribution in [0.3, 0.4) is 0 Å². The predicted molar refractivity (Wildman–Crippen MR) is 82.6 cm³/mol. The Labute approximate surface area is 121 Å². The molecular weight excluding hydrogens is 260 g/mol. The highest BCUT2D eigenvalue weighted by atomic mass is 14.9. The van der Waals surface area contributed by atoms with Crippen molar-refractivity contribution in [1.29, 1.82) is 0 Å². The molecule has 21 heavy (non-hydrogen) atoms. The van der Waals surface area contributed by atoms with Gasteiger partial charge in [0, 0.05) is 17.3 Å². The van der Waals surface area contributed by atoms with E-state index in [-0.39, 0.29) is 0 Å². The molecular formula is C17H12N4. The van der Waals surface area contributed by atoms with Crippen molar-refractivity contribution < 1.29 is 0 Å². The molecule has 2 aromatic carbocycles. The van der Waals surface area contributed by atoms with Crippen LogP contribution in [0.1, 0.15) is 0 Å². The van der Waals surface area contributed by atoms with E-state index in [0.717, 1.165) is 33.4 Å². The van der Waals surface area contributed by atoms with Crippen molar-refractivity contribution in [3.05, 3.63) is 67.4 Å². The fourth-order valence-electron chi connectivity index (χ4n) is 2.57. The Morgan fingerprint density at radius 3 is 2.48 bits per heavy atom. The summed E-state index contributed by atoms with van der Waals surface area (Å²) in [6, 6.07) is 16.3. The van der Waals surface area contributed by atoms with Crippen LogP contribution in [0.5, 0.6) is 0 Å². The molecule has 1 N–H and O–H groups in total. The zero-order valence-electron chi connectivity index (χ0n) is 11.2. The quantitative estimate of drug-likeness (QED) is 0.605. The van der Waals surface area contributed by atoms with Gasteiger partial charge in [-0.2, -0.15) is 0 Å². The van der Waals surface area contributed by atoms with Crippen LogP contribution in [-0.4, -0.2) is 19.9 Å². The third kappa shape index (κ3) is 1.97. The van der Waals surface area contributed by atoms with Crippen molar-refractivity contribution >= 4 is 11.0 Å². The molecule has 0 bridgehead atoms. The molecule has 4 heteroatoms. The van der Waals surface area contributed by atoms with Gasteiger partial charge in [-0.25, -0.2) is 15.0 Å². The first-order valence-electron chi connectivity index (χ1n) is 6.71. The average molecular weight is 272 g/mol. The van der Waals surface area contributed by atoms with Crippen molar-refractivity contribution in [2.24, 2.45) is 0 Å². The molecule has 4 nitrogen and oxygen atoms in total. The Morgan fingerprint density at radius 1 is 0.762 bits per heavy atom. The Kier molecular flexibility index (Phi) is 2.71. The number of hydrogen-bond donors (Lipinski definition) is 1. The molecule has 0 aliphatic heterocycles. The van der Waals surface area contributed by atoms with Crippen LogP contribution in [0.2, 0.25) is 0 Å². The minimum Gasteiger partial charge on any atom is -0.345 e. The van der Waals surface area contributed by atoms with E-state index in [4.69, 9.17) is 0 Å². The Morgan fingerprint density at radius 2 is 1.62 bits per heavy atom. The summed E-state index contributed by atoms with van der Waals surface area (Å²) in [5, 5.41) is 0. The van der Waals surface area contributed by atoms with E-state index in [1.54, 1.807) is 18.9 Å². The summed E-state index contributed by atoms with van der Waals surface area (Å²) < 4.78 is 0. The van der Waals surface area contributed by atoms with Crippen molar-refractivity contribution in [3.63, 3.8) is 0 Å². The first-order valence-corrected chi connectivity index (χ1v) is 6.71. The number of imidazole rings is 1. The summed E-state index contributed by atoms with van der Waals surface area (Å²) in [7, 11) is 0. The summed E-state index contributed by atoms with van der Waals surface area (Å²) in [6.07, 6.45) is 5.05. The summed E-state index contributed by atoms with van der Waals surface area (Å²) in [5.41, 5.74) is 6.21. The third-order valence-corrected chi connectivity index (χ3v) is 3.52. The topological polar surface area (TPSA) is 54.5 Å². The van der Waals surface area contributed by atoms with Gasteiger partial charge in [0.15, 0.2) is 0 Å². The van der Waals surface area contributed by atoms with Crippen molar-refractivity contribution in [1.82, 2.24) is 19.9 Å². The van der Waals surface area contributed by atoms with E-state index in [2.05, 4.69) is 38.1 Å². The fraction of sp³-hybridized carbons (Fsp3) is 0. The van der Waals surface area contributed by atoms with Crippen LogP contribution < -0.4 is 0 Å². The number of benzene rings is 2. The minimum atomic E-state index is 0.910. The Balaban J connectivity index is 2.00. The lowest BCUT2D eigenvalue weighted by Gasteiger charge is -2.09. The van der Waals surface area contributed by atoms with Crippen LogP contribution in [0.4, 0.5) is 0 Å². The number of aromatic amines is 1. The lowest BCUT2D eigenvalue weighted by molar-refractivity contribution is 1.17. The average Bonchev–Trinajstić information content (AvgIpc) is 3.04. The van der Waals surface area contributed by atoms with E-state index in [9.17, 15) is 0 Å². The summed E-state index contributed by atoms with van der Waals surface area (Å²) >= 11 is 0. The molecule has 4 rings (SSSR count). The number of H-pyrrole nitrogens is 1. The van der Waals surface area contributed by atoms with Crippen LogP contribution in [0.25, 0.3) is 33.4 Å². The number of rotatable bonds is 2. The standard InChI is InChI=1S/C17H12N4/c1-2-5-13(15-8-9-18-10-19-15)12(4-1)14-6-3-7-16-17(14)21-11-20-16/h1-11H,(H,20,21). The largest absolute Gasteiger partial charge is 0.345 e. The van der Waals surface area contributed by atoms with E-state index in [0.29, 0.717) is 0 Å². The molecule has 0 radical (unpaired) electrons. The first-order chi connectivity index (χ1) is 10.4. The van der Waals surface area contributed by atoms with E-state index in [1.807, 2.05) is 30.3 Å². The summed E-state index contributed by atoms with van der Waals surface area (Å²) in [4.78, 5) is 15.9. The molecule has 0 aliphatic carbocycles.